The van der Waals surface area contributed by atoms with Crippen molar-refractivity contribution >= 4 is 5.91 Å². The molecule has 1 saturated heterocycles. The van der Waals surface area contributed by atoms with Crippen LogP contribution in [0, 0.1) is 0 Å². The molecule has 1 aliphatic rings. The maximum Gasteiger partial charge on any atom is 0.273 e. The van der Waals surface area contributed by atoms with Gasteiger partial charge in [-0.2, -0.15) is 0 Å². The van der Waals surface area contributed by atoms with Gasteiger partial charge in [-0.1, -0.05) is 30.3 Å². The van der Waals surface area contributed by atoms with Crippen molar-refractivity contribution in [3.8, 4) is 0 Å². The van der Waals surface area contributed by atoms with Gasteiger partial charge in [0.05, 0.1) is 12.1 Å². The summed E-state index contributed by atoms with van der Waals surface area (Å²) in [5.74, 6) is 0.110. The van der Waals surface area contributed by atoms with E-state index in [1.54, 1.807) is 0 Å². The highest BCUT2D eigenvalue weighted by Crippen LogP contribution is 2.16. The summed E-state index contributed by atoms with van der Waals surface area (Å²) in [5.41, 5.74) is 7.46. The van der Waals surface area contributed by atoms with Gasteiger partial charge >= 0.3 is 0 Å². The molecule has 3 N–H and O–H groups in total. The van der Waals surface area contributed by atoms with Gasteiger partial charge in [0.25, 0.3) is 5.91 Å². The van der Waals surface area contributed by atoms with Crippen LogP contribution in [0.5, 0.6) is 0 Å². The van der Waals surface area contributed by atoms with Crippen LogP contribution in [0.25, 0.3) is 0 Å². The molecule has 1 aromatic carbocycles. The number of ether oxygens (including phenoxy) is 1. The molecule has 3 rings (SSSR count). The highest BCUT2D eigenvalue weighted by Gasteiger charge is 2.20. The van der Waals surface area contributed by atoms with Crippen LogP contribution < -0.4 is 11.1 Å². The predicted molar refractivity (Wildman–Crippen MR) is 84.9 cm³/mol. The first-order valence-electron chi connectivity index (χ1n) is 7.87. The number of hydrogen-bond acceptors (Lipinski definition) is 5. The molecule has 122 valence electrons. The molecule has 23 heavy (non-hydrogen) atoms. The van der Waals surface area contributed by atoms with Gasteiger partial charge in [0, 0.05) is 13.2 Å². The first-order valence-corrected chi connectivity index (χ1v) is 7.87. The molecule has 2 unspecified atom stereocenters. The van der Waals surface area contributed by atoms with E-state index >= 15 is 0 Å². The normalized spacial score (nSPS) is 18.7. The number of nitrogens with two attached hydrogens (primary N) is 1. The number of rotatable bonds is 6. The average molecular weight is 315 g/mol. The zero-order chi connectivity index (χ0) is 16.1. The molecule has 1 aromatic heterocycles. The van der Waals surface area contributed by atoms with Crippen LogP contribution in [0.3, 0.4) is 0 Å². The molecule has 0 aliphatic carbocycles. The third-order valence-electron chi connectivity index (χ3n) is 3.88. The monoisotopic (exact) mass is 315 g/mol. The molecule has 6 heteroatoms. The van der Waals surface area contributed by atoms with E-state index in [1.807, 2.05) is 30.3 Å². The van der Waals surface area contributed by atoms with Gasteiger partial charge in [-0.25, -0.2) is 4.98 Å². The van der Waals surface area contributed by atoms with E-state index in [0.717, 1.165) is 25.0 Å². The highest BCUT2D eigenvalue weighted by atomic mass is 16.5. The Labute approximate surface area is 135 Å². The molecule has 2 atom stereocenters. The number of aromatic nitrogens is 1. The van der Waals surface area contributed by atoms with Crippen LogP contribution in [0.1, 0.15) is 40.8 Å². The Morgan fingerprint density at radius 2 is 2.22 bits per heavy atom. The Kier molecular flexibility index (Phi) is 5.05. The largest absolute Gasteiger partial charge is 0.446 e. The molecule has 0 bridgehead atoms. The SMILES string of the molecule is NC(Cc1ccccc1)c1nc(C(=O)NCC2CCCO2)co1. The van der Waals surface area contributed by atoms with E-state index in [2.05, 4.69) is 10.3 Å². The van der Waals surface area contributed by atoms with E-state index in [1.165, 1.54) is 6.26 Å². The topological polar surface area (TPSA) is 90.4 Å². The molecule has 6 nitrogen and oxygen atoms in total. The first kappa shape index (κ1) is 15.7. The van der Waals surface area contributed by atoms with Crippen molar-refractivity contribution in [2.45, 2.75) is 31.4 Å². The van der Waals surface area contributed by atoms with Gasteiger partial charge in [0.15, 0.2) is 5.69 Å². The van der Waals surface area contributed by atoms with Crippen molar-refractivity contribution in [3.63, 3.8) is 0 Å². The number of nitrogens with zero attached hydrogens (tertiary/aromatic N) is 1. The molecule has 0 spiro atoms. The number of oxazole rings is 1. The van der Waals surface area contributed by atoms with Crippen LogP contribution in [-0.4, -0.2) is 30.1 Å². The van der Waals surface area contributed by atoms with Crippen LogP contribution in [0.2, 0.25) is 0 Å². The minimum Gasteiger partial charge on any atom is -0.446 e. The van der Waals surface area contributed by atoms with Crippen molar-refractivity contribution < 1.29 is 13.9 Å². The predicted octanol–water partition coefficient (Wildman–Crippen LogP) is 1.83. The minimum atomic E-state index is -0.378. The lowest BCUT2D eigenvalue weighted by Crippen LogP contribution is -2.32. The Bertz CT molecular complexity index is 636. The lowest BCUT2D eigenvalue weighted by molar-refractivity contribution is 0.0853. The highest BCUT2D eigenvalue weighted by molar-refractivity contribution is 5.91. The quantitative estimate of drug-likeness (QED) is 0.848. The van der Waals surface area contributed by atoms with Gasteiger partial charge in [0.2, 0.25) is 5.89 Å². The van der Waals surface area contributed by atoms with E-state index in [0.29, 0.717) is 18.9 Å². The number of nitrogens with one attached hydrogen (secondary N) is 1. The number of carbonyl (C=O) groups is 1. The summed E-state index contributed by atoms with van der Waals surface area (Å²) < 4.78 is 10.8. The first-order chi connectivity index (χ1) is 11.2. The molecule has 1 aliphatic heterocycles. The number of hydrogen-bond donors (Lipinski definition) is 2. The Balaban J connectivity index is 1.55. The molecule has 1 amide bonds. The second kappa shape index (κ2) is 7.39. The van der Waals surface area contributed by atoms with E-state index in [9.17, 15) is 4.79 Å². The molecule has 2 aromatic rings. The maximum absolute atomic E-state index is 12.1. The van der Waals surface area contributed by atoms with Crippen LogP contribution in [0.15, 0.2) is 41.0 Å². The number of benzene rings is 1. The minimum absolute atomic E-state index is 0.102. The number of amides is 1. The summed E-state index contributed by atoms with van der Waals surface area (Å²) >= 11 is 0. The molecule has 2 heterocycles. The standard InChI is InChI=1S/C17H21N3O3/c18-14(9-12-5-2-1-3-6-12)17-20-15(11-23-17)16(21)19-10-13-7-4-8-22-13/h1-3,5-6,11,13-14H,4,7-10,18H2,(H,19,21). The molecular weight excluding hydrogens is 294 g/mol. The number of carbonyl (C=O) groups excluding carboxylic acids is 1. The second-order valence-corrected chi connectivity index (χ2v) is 5.71. The van der Waals surface area contributed by atoms with Gasteiger partial charge in [-0.15, -0.1) is 0 Å². The smallest absolute Gasteiger partial charge is 0.273 e. The molecule has 1 fully saturated rings. The van der Waals surface area contributed by atoms with Gasteiger partial charge in [-0.05, 0) is 24.8 Å². The van der Waals surface area contributed by atoms with Crippen LogP contribution >= 0.6 is 0 Å². The Morgan fingerprint density at radius 1 is 1.39 bits per heavy atom. The third-order valence-corrected chi connectivity index (χ3v) is 3.88. The zero-order valence-corrected chi connectivity index (χ0v) is 12.9. The summed E-state index contributed by atoms with van der Waals surface area (Å²) in [7, 11) is 0. The fraction of sp³-hybridized carbons (Fsp3) is 0.412. The summed E-state index contributed by atoms with van der Waals surface area (Å²) in [4.78, 5) is 16.3. The van der Waals surface area contributed by atoms with Crippen LogP contribution in [-0.2, 0) is 11.2 Å². The summed E-state index contributed by atoms with van der Waals surface area (Å²) in [6.07, 6.45) is 4.09. The zero-order valence-electron chi connectivity index (χ0n) is 12.9. The van der Waals surface area contributed by atoms with Gasteiger partial charge < -0.3 is 20.2 Å². The van der Waals surface area contributed by atoms with E-state index in [-0.39, 0.29) is 23.7 Å². The van der Waals surface area contributed by atoms with Gasteiger partial charge in [-0.3, -0.25) is 4.79 Å². The summed E-state index contributed by atoms with van der Waals surface area (Å²) in [6, 6.07) is 9.49. The fourth-order valence-corrected chi connectivity index (χ4v) is 2.62. The van der Waals surface area contributed by atoms with Crippen molar-refractivity contribution in [1.29, 1.82) is 0 Å². The van der Waals surface area contributed by atoms with E-state index < -0.39 is 0 Å². The summed E-state index contributed by atoms with van der Waals surface area (Å²) in [5, 5.41) is 2.82. The molecular formula is C17H21N3O3. The van der Waals surface area contributed by atoms with Crippen molar-refractivity contribution in [2.75, 3.05) is 13.2 Å². The molecule has 0 saturated carbocycles. The van der Waals surface area contributed by atoms with E-state index in [4.69, 9.17) is 14.9 Å². The van der Waals surface area contributed by atoms with Gasteiger partial charge in [0.1, 0.15) is 6.26 Å². The van der Waals surface area contributed by atoms with Crippen molar-refractivity contribution in [2.24, 2.45) is 5.73 Å². The second-order valence-electron chi connectivity index (χ2n) is 5.71. The maximum atomic E-state index is 12.1. The average Bonchev–Trinajstić information content (AvgIpc) is 3.25. The Morgan fingerprint density at radius 3 is 2.96 bits per heavy atom. The molecule has 0 radical (unpaired) electrons. The Hall–Kier alpha value is -2.18. The third kappa shape index (κ3) is 4.18. The van der Waals surface area contributed by atoms with Crippen LogP contribution in [0.4, 0.5) is 0 Å². The fourth-order valence-electron chi connectivity index (χ4n) is 2.62. The van der Waals surface area contributed by atoms with Crippen molar-refractivity contribution in [1.82, 2.24) is 10.3 Å². The van der Waals surface area contributed by atoms with Crippen molar-refractivity contribution in [3.05, 3.63) is 53.7 Å². The summed E-state index contributed by atoms with van der Waals surface area (Å²) in [6.45, 7) is 1.26. The lowest BCUT2D eigenvalue weighted by Gasteiger charge is -2.09. The lowest BCUT2D eigenvalue weighted by atomic mass is 10.1.